The van der Waals surface area contributed by atoms with Gasteiger partial charge in [0, 0.05) is 19.8 Å². The fraction of sp³-hybridized carbons (Fsp3) is 0.480. The minimum atomic E-state index is -0.587. The number of H-pyrrole nitrogens is 1. The van der Waals surface area contributed by atoms with Crippen molar-refractivity contribution in [2.45, 2.75) is 76.8 Å². The highest BCUT2D eigenvalue weighted by Gasteiger charge is 2.38. The number of carbonyl (C=O) groups is 2. The summed E-state index contributed by atoms with van der Waals surface area (Å²) in [6, 6.07) is 9.65. The van der Waals surface area contributed by atoms with E-state index in [1.807, 2.05) is 37.3 Å². The van der Waals surface area contributed by atoms with Crippen molar-refractivity contribution in [3.63, 3.8) is 0 Å². The number of imidazole rings is 1. The molecule has 1 aliphatic rings. The standard InChI is InChI=1S/C25H32N6O3/c1-17(23-26-16-20(28-23)19-10-6-5-7-11-19)27-21(33)12-13-22-29-24(31-34-22)25(30-18(2)32)14-8-3-4-9-15-25/h5-7,10-11,16-17H,3-4,8-9,12-15H2,1-2H3,(H,26,28)(H,27,33)(H,30,32). The van der Waals surface area contributed by atoms with E-state index in [1.54, 1.807) is 6.20 Å². The lowest BCUT2D eigenvalue weighted by molar-refractivity contribution is -0.122. The summed E-state index contributed by atoms with van der Waals surface area (Å²) in [5.41, 5.74) is 1.36. The molecule has 2 aromatic heterocycles. The van der Waals surface area contributed by atoms with Crippen molar-refractivity contribution in [1.29, 1.82) is 0 Å². The largest absolute Gasteiger partial charge is 0.346 e. The lowest BCUT2D eigenvalue weighted by atomic mass is 9.89. The Morgan fingerprint density at radius 2 is 1.88 bits per heavy atom. The molecular weight excluding hydrogens is 432 g/mol. The van der Waals surface area contributed by atoms with Gasteiger partial charge in [0.15, 0.2) is 5.82 Å². The number of aromatic amines is 1. The molecular formula is C25H32N6O3. The highest BCUT2D eigenvalue weighted by Crippen LogP contribution is 2.34. The van der Waals surface area contributed by atoms with Crippen LogP contribution in [0.15, 0.2) is 41.1 Å². The molecule has 1 fully saturated rings. The molecule has 0 saturated heterocycles. The summed E-state index contributed by atoms with van der Waals surface area (Å²) in [7, 11) is 0. The molecule has 3 aromatic rings. The SMILES string of the molecule is CC(=O)NC1(c2noc(CCC(=O)NC(C)c3ncc(-c4ccccc4)[nH]3)n2)CCCCCC1. The van der Waals surface area contributed by atoms with Gasteiger partial charge in [0.1, 0.15) is 11.4 Å². The number of amides is 2. The van der Waals surface area contributed by atoms with Crippen LogP contribution in [0.5, 0.6) is 0 Å². The first-order valence-corrected chi connectivity index (χ1v) is 12.0. The number of hydrogen-bond donors (Lipinski definition) is 3. The third-order valence-electron chi connectivity index (χ3n) is 6.30. The Balaban J connectivity index is 1.34. The zero-order valence-electron chi connectivity index (χ0n) is 19.8. The zero-order chi connectivity index (χ0) is 24.0. The predicted molar refractivity (Wildman–Crippen MR) is 126 cm³/mol. The number of aromatic nitrogens is 4. The molecule has 1 unspecified atom stereocenters. The zero-order valence-corrected chi connectivity index (χ0v) is 19.8. The second-order valence-electron chi connectivity index (χ2n) is 9.03. The molecule has 1 aliphatic carbocycles. The first kappa shape index (κ1) is 23.7. The number of carbonyl (C=O) groups excluding carboxylic acids is 2. The van der Waals surface area contributed by atoms with E-state index in [9.17, 15) is 9.59 Å². The molecule has 9 heteroatoms. The summed E-state index contributed by atoms with van der Waals surface area (Å²) < 4.78 is 5.45. The Kier molecular flexibility index (Phi) is 7.40. The molecule has 2 heterocycles. The maximum atomic E-state index is 12.5. The van der Waals surface area contributed by atoms with E-state index in [1.165, 1.54) is 6.92 Å². The first-order chi connectivity index (χ1) is 16.4. The average molecular weight is 465 g/mol. The van der Waals surface area contributed by atoms with E-state index >= 15 is 0 Å². The monoisotopic (exact) mass is 464 g/mol. The van der Waals surface area contributed by atoms with Crippen LogP contribution in [0.3, 0.4) is 0 Å². The summed E-state index contributed by atoms with van der Waals surface area (Å²) in [5.74, 6) is 1.37. The molecule has 0 bridgehead atoms. The number of rotatable bonds is 8. The lowest BCUT2D eigenvalue weighted by Gasteiger charge is -2.30. The van der Waals surface area contributed by atoms with Gasteiger partial charge >= 0.3 is 0 Å². The van der Waals surface area contributed by atoms with Gasteiger partial charge in [0.2, 0.25) is 17.7 Å². The van der Waals surface area contributed by atoms with Gasteiger partial charge in [-0.2, -0.15) is 4.98 Å². The van der Waals surface area contributed by atoms with Crippen LogP contribution in [-0.4, -0.2) is 31.9 Å². The van der Waals surface area contributed by atoms with E-state index in [0.717, 1.165) is 49.8 Å². The first-order valence-electron chi connectivity index (χ1n) is 12.0. The summed E-state index contributed by atoms with van der Waals surface area (Å²) in [5, 5.41) is 10.2. The number of hydrogen-bond acceptors (Lipinski definition) is 6. The van der Waals surface area contributed by atoms with Gasteiger partial charge < -0.3 is 20.1 Å². The smallest absolute Gasteiger partial charge is 0.227 e. The van der Waals surface area contributed by atoms with E-state index in [2.05, 4.69) is 30.7 Å². The fourth-order valence-electron chi connectivity index (χ4n) is 4.55. The van der Waals surface area contributed by atoms with E-state index in [4.69, 9.17) is 4.52 Å². The summed E-state index contributed by atoms with van der Waals surface area (Å²) in [6.45, 7) is 3.40. The van der Waals surface area contributed by atoms with Gasteiger partial charge in [-0.05, 0) is 25.3 Å². The van der Waals surface area contributed by atoms with E-state index in [0.29, 0.717) is 24.0 Å². The van der Waals surface area contributed by atoms with Crippen molar-refractivity contribution in [3.8, 4) is 11.3 Å². The van der Waals surface area contributed by atoms with E-state index in [-0.39, 0.29) is 24.3 Å². The lowest BCUT2D eigenvalue weighted by Crippen LogP contribution is -2.45. The Morgan fingerprint density at radius 3 is 2.59 bits per heavy atom. The number of nitrogens with one attached hydrogen (secondary N) is 3. The van der Waals surface area contributed by atoms with Crippen LogP contribution in [0.25, 0.3) is 11.3 Å². The number of nitrogens with zero attached hydrogens (tertiary/aromatic N) is 3. The van der Waals surface area contributed by atoms with Crippen LogP contribution in [0.4, 0.5) is 0 Å². The third kappa shape index (κ3) is 5.70. The normalized spacial score (nSPS) is 16.4. The average Bonchev–Trinajstić information content (AvgIpc) is 3.45. The summed E-state index contributed by atoms with van der Waals surface area (Å²) in [6.07, 6.45) is 8.16. The van der Waals surface area contributed by atoms with Crippen LogP contribution in [0, 0.1) is 0 Å². The van der Waals surface area contributed by atoms with Crippen LogP contribution in [0.2, 0.25) is 0 Å². The second-order valence-corrected chi connectivity index (χ2v) is 9.03. The van der Waals surface area contributed by atoms with Crippen molar-refractivity contribution >= 4 is 11.8 Å². The fourth-order valence-corrected chi connectivity index (χ4v) is 4.55. The summed E-state index contributed by atoms with van der Waals surface area (Å²) >= 11 is 0. The van der Waals surface area contributed by atoms with Gasteiger partial charge in [-0.15, -0.1) is 0 Å². The molecule has 2 amide bonds. The number of benzene rings is 1. The molecule has 0 aliphatic heterocycles. The number of aryl methyl sites for hydroxylation is 1. The van der Waals surface area contributed by atoms with Crippen molar-refractivity contribution in [1.82, 2.24) is 30.7 Å². The van der Waals surface area contributed by atoms with Crippen LogP contribution < -0.4 is 10.6 Å². The van der Waals surface area contributed by atoms with Crippen molar-refractivity contribution < 1.29 is 14.1 Å². The van der Waals surface area contributed by atoms with Gasteiger partial charge in [0.25, 0.3) is 0 Å². The molecule has 180 valence electrons. The van der Waals surface area contributed by atoms with Gasteiger partial charge in [0.05, 0.1) is 17.9 Å². The molecule has 4 rings (SSSR count). The Bertz CT molecular complexity index is 1100. The van der Waals surface area contributed by atoms with E-state index < -0.39 is 5.54 Å². The Labute approximate surface area is 199 Å². The Morgan fingerprint density at radius 1 is 1.15 bits per heavy atom. The van der Waals surface area contributed by atoms with Crippen molar-refractivity contribution in [2.75, 3.05) is 0 Å². The minimum Gasteiger partial charge on any atom is -0.346 e. The molecule has 3 N–H and O–H groups in total. The maximum Gasteiger partial charge on any atom is 0.227 e. The highest BCUT2D eigenvalue weighted by molar-refractivity contribution is 5.76. The maximum absolute atomic E-state index is 12.5. The molecule has 0 spiro atoms. The molecule has 9 nitrogen and oxygen atoms in total. The summed E-state index contributed by atoms with van der Waals surface area (Å²) in [4.78, 5) is 36.6. The van der Waals surface area contributed by atoms with Gasteiger partial charge in [-0.25, -0.2) is 4.98 Å². The second kappa shape index (κ2) is 10.6. The minimum absolute atomic E-state index is 0.102. The molecule has 1 aromatic carbocycles. The molecule has 0 radical (unpaired) electrons. The molecule has 1 atom stereocenters. The van der Waals surface area contributed by atoms with Gasteiger partial charge in [-0.1, -0.05) is 61.2 Å². The topological polar surface area (TPSA) is 126 Å². The third-order valence-corrected chi connectivity index (χ3v) is 6.30. The van der Waals surface area contributed by atoms with Crippen LogP contribution in [0.1, 0.15) is 82.4 Å². The quantitative estimate of drug-likeness (QED) is 0.433. The van der Waals surface area contributed by atoms with Crippen LogP contribution in [-0.2, 0) is 21.5 Å². The van der Waals surface area contributed by atoms with Crippen molar-refractivity contribution in [2.24, 2.45) is 0 Å². The predicted octanol–water partition coefficient (Wildman–Crippen LogP) is 3.96. The van der Waals surface area contributed by atoms with Crippen molar-refractivity contribution in [3.05, 3.63) is 54.1 Å². The van der Waals surface area contributed by atoms with Crippen LogP contribution >= 0.6 is 0 Å². The molecule has 34 heavy (non-hydrogen) atoms. The Hall–Kier alpha value is -3.49. The molecule has 1 saturated carbocycles. The van der Waals surface area contributed by atoms with Gasteiger partial charge in [-0.3, -0.25) is 9.59 Å². The highest BCUT2D eigenvalue weighted by atomic mass is 16.5.